The molecule has 4 heteroatoms. The zero-order chi connectivity index (χ0) is 33.1. The highest BCUT2D eigenvalue weighted by Gasteiger charge is 2.50. The second-order valence-corrected chi connectivity index (χ2v) is 12.7. The maximum atomic E-state index is 7.34. The Bertz CT molecular complexity index is 2520. The van der Waals surface area contributed by atoms with Crippen LogP contribution in [-0.2, 0) is 5.60 Å². The molecule has 1 aliphatic heterocycles. The van der Waals surface area contributed by atoms with Crippen LogP contribution >= 0.6 is 0 Å². The SMILES string of the molecule is c1ccc(-c2ccc(-c3nc(-c4ccccc4)nc(-c4cccc5c4-c4ccccc4C4(O5)c5ccccc5-c5ccccc54)n3)cc2)cc1. The maximum absolute atomic E-state index is 7.34. The van der Waals surface area contributed by atoms with Crippen LogP contribution in [0.1, 0.15) is 16.7 Å². The summed E-state index contributed by atoms with van der Waals surface area (Å²) in [6.07, 6.45) is 0. The molecule has 0 unspecified atom stereocenters. The van der Waals surface area contributed by atoms with Crippen LogP contribution in [0.15, 0.2) is 176 Å². The van der Waals surface area contributed by atoms with Crippen LogP contribution in [0.4, 0.5) is 0 Å². The molecule has 0 atom stereocenters. The van der Waals surface area contributed by atoms with E-state index in [2.05, 4.69) is 133 Å². The van der Waals surface area contributed by atoms with E-state index in [-0.39, 0.29) is 0 Å². The maximum Gasteiger partial charge on any atom is 0.186 e. The molecule has 2 heterocycles. The van der Waals surface area contributed by atoms with Gasteiger partial charge in [0.2, 0.25) is 0 Å². The highest BCUT2D eigenvalue weighted by atomic mass is 16.5. The summed E-state index contributed by atoms with van der Waals surface area (Å²) in [5, 5.41) is 0. The predicted octanol–water partition coefficient (Wildman–Crippen LogP) is 10.9. The molecule has 50 heavy (non-hydrogen) atoms. The lowest BCUT2D eigenvalue weighted by Gasteiger charge is -2.39. The molecule has 1 spiro atoms. The van der Waals surface area contributed by atoms with E-state index in [0.717, 1.165) is 55.8 Å². The molecule has 0 saturated heterocycles. The van der Waals surface area contributed by atoms with Crippen molar-refractivity contribution in [1.29, 1.82) is 0 Å². The smallest absolute Gasteiger partial charge is 0.186 e. The Kier molecular flexibility index (Phi) is 6.36. The van der Waals surface area contributed by atoms with Crippen molar-refractivity contribution < 1.29 is 4.74 Å². The normalized spacial score (nSPS) is 13.1. The van der Waals surface area contributed by atoms with Gasteiger partial charge in [-0.15, -0.1) is 0 Å². The van der Waals surface area contributed by atoms with E-state index in [1.807, 2.05) is 42.5 Å². The molecule has 8 aromatic rings. The molecule has 4 nitrogen and oxygen atoms in total. The Morgan fingerprint density at radius 1 is 0.320 bits per heavy atom. The van der Waals surface area contributed by atoms with Crippen LogP contribution in [0.25, 0.3) is 67.5 Å². The topological polar surface area (TPSA) is 47.9 Å². The van der Waals surface area contributed by atoms with Gasteiger partial charge in [-0.05, 0) is 33.9 Å². The summed E-state index contributed by atoms with van der Waals surface area (Å²) in [5.74, 6) is 2.63. The van der Waals surface area contributed by atoms with Crippen molar-refractivity contribution in [3.63, 3.8) is 0 Å². The summed E-state index contributed by atoms with van der Waals surface area (Å²) in [7, 11) is 0. The summed E-state index contributed by atoms with van der Waals surface area (Å²) in [4.78, 5) is 15.3. The van der Waals surface area contributed by atoms with E-state index in [0.29, 0.717) is 17.5 Å². The summed E-state index contributed by atoms with van der Waals surface area (Å²) >= 11 is 0. The number of hydrogen-bond donors (Lipinski definition) is 0. The van der Waals surface area contributed by atoms with Gasteiger partial charge in [-0.25, -0.2) is 15.0 Å². The lowest BCUT2D eigenvalue weighted by molar-refractivity contribution is 0.157. The molecule has 234 valence electrons. The molecule has 2 aliphatic rings. The molecule has 0 fully saturated rings. The van der Waals surface area contributed by atoms with Gasteiger partial charge in [-0.2, -0.15) is 0 Å². The zero-order valence-corrected chi connectivity index (χ0v) is 27.0. The third-order valence-electron chi connectivity index (χ3n) is 9.93. The summed E-state index contributed by atoms with van der Waals surface area (Å²) < 4.78 is 7.34. The molecule has 0 radical (unpaired) electrons. The molecule has 0 saturated carbocycles. The van der Waals surface area contributed by atoms with Crippen molar-refractivity contribution in [2.24, 2.45) is 0 Å². The van der Waals surface area contributed by atoms with Gasteiger partial charge in [-0.1, -0.05) is 170 Å². The molecule has 7 aromatic carbocycles. The Hall–Kier alpha value is -6.65. The van der Waals surface area contributed by atoms with Crippen LogP contribution in [0, 0.1) is 0 Å². The number of aromatic nitrogens is 3. The Morgan fingerprint density at radius 2 is 0.740 bits per heavy atom. The van der Waals surface area contributed by atoms with Crippen LogP contribution in [-0.4, -0.2) is 15.0 Å². The summed E-state index contributed by atoms with van der Waals surface area (Å²) in [6.45, 7) is 0. The van der Waals surface area contributed by atoms with Gasteiger partial charge in [0, 0.05) is 38.9 Å². The van der Waals surface area contributed by atoms with Crippen molar-refractivity contribution in [2.45, 2.75) is 5.60 Å². The van der Waals surface area contributed by atoms with Gasteiger partial charge in [-0.3, -0.25) is 0 Å². The lowest BCUT2D eigenvalue weighted by Crippen LogP contribution is -2.37. The molecular weight excluding hydrogens is 611 g/mol. The minimum Gasteiger partial charge on any atom is -0.472 e. The minimum atomic E-state index is -0.782. The van der Waals surface area contributed by atoms with E-state index < -0.39 is 5.60 Å². The molecule has 10 rings (SSSR count). The van der Waals surface area contributed by atoms with Gasteiger partial charge in [0.05, 0.1) is 0 Å². The van der Waals surface area contributed by atoms with Gasteiger partial charge in [0.1, 0.15) is 5.75 Å². The fourth-order valence-electron chi connectivity index (χ4n) is 7.69. The molecule has 0 N–H and O–H groups in total. The standard InChI is InChI=1S/C46H29N3O/c1-3-14-30(15-4-1)31-26-28-33(29-27-31)44-47-43(32-16-5-2-6-17-32)48-45(49-44)37-21-13-25-41-42(37)36-20-9-12-24-40(36)46(50-41)38-22-10-7-18-34(38)35-19-8-11-23-39(35)46/h1-29H. The van der Waals surface area contributed by atoms with E-state index in [4.69, 9.17) is 19.7 Å². The second-order valence-electron chi connectivity index (χ2n) is 12.7. The van der Waals surface area contributed by atoms with Gasteiger partial charge in [0.25, 0.3) is 0 Å². The average molecular weight is 640 g/mol. The molecule has 1 aliphatic carbocycles. The third kappa shape index (κ3) is 4.28. The first-order valence-corrected chi connectivity index (χ1v) is 16.9. The quantitative estimate of drug-likeness (QED) is 0.192. The van der Waals surface area contributed by atoms with Gasteiger partial charge < -0.3 is 4.74 Å². The minimum absolute atomic E-state index is 0.597. The number of benzene rings is 7. The predicted molar refractivity (Wildman–Crippen MR) is 199 cm³/mol. The number of ether oxygens (including phenoxy) is 1. The first-order chi connectivity index (χ1) is 24.8. The summed E-state index contributed by atoms with van der Waals surface area (Å²) in [6, 6.07) is 61.0. The largest absolute Gasteiger partial charge is 0.472 e. The molecule has 0 amide bonds. The number of nitrogens with zero attached hydrogens (tertiary/aromatic N) is 3. The molecule has 1 aromatic heterocycles. The van der Waals surface area contributed by atoms with Crippen LogP contribution in [0.3, 0.4) is 0 Å². The van der Waals surface area contributed by atoms with Gasteiger partial charge in [0.15, 0.2) is 23.1 Å². The first-order valence-electron chi connectivity index (χ1n) is 16.9. The van der Waals surface area contributed by atoms with Crippen LogP contribution < -0.4 is 4.74 Å². The van der Waals surface area contributed by atoms with Crippen molar-refractivity contribution in [1.82, 2.24) is 15.0 Å². The fourth-order valence-corrected chi connectivity index (χ4v) is 7.69. The van der Waals surface area contributed by atoms with Crippen LogP contribution in [0.5, 0.6) is 5.75 Å². The zero-order valence-electron chi connectivity index (χ0n) is 27.0. The lowest BCUT2D eigenvalue weighted by atomic mass is 9.77. The van der Waals surface area contributed by atoms with E-state index >= 15 is 0 Å². The number of rotatable bonds is 4. The van der Waals surface area contributed by atoms with E-state index in [9.17, 15) is 0 Å². The van der Waals surface area contributed by atoms with E-state index in [1.54, 1.807) is 0 Å². The number of fused-ring (bicyclic) bond motifs is 9. The Labute approximate surface area is 290 Å². The highest BCUT2D eigenvalue weighted by molar-refractivity contribution is 5.93. The fraction of sp³-hybridized carbons (Fsp3) is 0.0217. The third-order valence-corrected chi connectivity index (χ3v) is 9.93. The number of hydrogen-bond acceptors (Lipinski definition) is 4. The molecular formula is C46H29N3O. The molecule has 0 bridgehead atoms. The monoisotopic (exact) mass is 639 g/mol. The summed E-state index contributed by atoms with van der Waals surface area (Å²) in [5.41, 5.74) is 12.2. The van der Waals surface area contributed by atoms with Crippen molar-refractivity contribution in [3.8, 4) is 73.3 Å². The van der Waals surface area contributed by atoms with Crippen molar-refractivity contribution in [3.05, 3.63) is 193 Å². The van der Waals surface area contributed by atoms with Crippen LogP contribution in [0.2, 0.25) is 0 Å². The van der Waals surface area contributed by atoms with Crippen molar-refractivity contribution in [2.75, 3.05) is 0 Å². The first kappa shape index (κ1) is 28.4. The van der Waals surface area contributed by atoms with Crippen molar-refractivity contribution >= 4 is 0 Å². The van der Waals surface area contributed by atoms with E-state index in [1.165, 1.54) is 16.7 Å². The Balaban J connectivity index is 1.17. The Morgan fingerprint density at radius 3 is 1.36 bits per heavy atom. The average Bonchev–Trinajstić information content (AvgIpc) is 3.48. The highest BCUT2D eigenvalue weighted by Crippen LogP contribution is 2.59. The second kappa shape index (κ2) is 11.2. The van der Waals surface area contributed by atoms with Gasteiger partial charge >= 0.3 is 0 Å².